The first-order chi connectivity index (χ1) is 13.3. The van der Waals surface area contributed by atoms with Gasteiger partial charge in [0, 0.05) is 12.0 Å². The van der Waals surface area contributed by atoms with Gasteiger partial charge in [-0.25, -0.2) is 0 Å². The van der Waals surface area contributed by atoms with E-state index in [2.05, 4.69) is 17.2 Å². The number of benzene rings is 2. The van der Waals surface area contributed by atoms with E-state index in [9.17, 15) is 18.0 Å². The summed E-state index contributed by atoms with van der Waals surface area (Å²) in [5.41, 5.74) is 0.413. The molecule has 1 N–H and O–H groups in total. The van der Waals surface area contributed by atoms with E-state index in [-0.39, 0.29) is 24.4 Å². The minimum atomic E-state index is -4.41. The molecular formula is C21H20F3NO3. The third kappa shape index (κ3) is 6.23. The lowest BCUT2D eigenvalue weighted by atomic mass is 10.1. The second-order valence-corrected chi connectivity index (χ2v) is 5.85. The van der Waals surface area contributed by atoms with Crippen LogP contribution in [0.15, 0.2) is 42.5 Å². The Morgan fingerprint density at radius 3 is 2.50 bits per heavy atom. The van der Waals surface area contributed by atoms with E-state index in [1.54, 1.807) is 19.2 Å². The Kier molecular flexibility index (Phi) is 7.33. The molecule has 148 valence electrons. The van der Waals surface area contributed by atoms with Crippen LogP contribution in [-0.2, 0) is 17.4 Å². The number of amides is 1. The van der Waals surface area contributed by atoms with Crippen molar-refractivity contribution in [1.82, 2.24) is 5.32 Å². The summed E-state index contributed by atoms with van der Waals surface area (Å²) >= 11 is 0. The Balaban J connectivity index is 1.84. The van der Waals surface area contributed by atoms with Gasteiger partial charge >= 0.3 is 6.18 Å². The molecule has 0 aromatic heterocycles. The first-order valence-electron chi connectivity index (χ1n) is 8.47. The lowest BCUT2D eigenvalue weighted by Crippen LogP contribution is -2.23. The van der Waals surface area contributed by atoms with Crippen molar-refractivity contribution in [3.63, 3.8) is 0 Å². The number of hydrogen-bond acceptors (Lipinski definition) is 3. The van der Waals surface area contributed by atoms with Crippen LogP contribution in [0.5, 0.6) is 11.5 Å². The van der Waals surface area contributed by atoms with Gasteiger partial charge in [0.25, 0.3) is 0 Å². The highest BCUT2D eigenvalue weighted by atomic mass is 19.4. The number of halogens is 3. The third-order valence-electron chi connectivity index (χ3n) is 3.89. The monoisotopic (exact) mass is 391 g/mol. The normalized spacial score (nSPS) is 10.6. The molecule has 0 fully saturated rings. The predicted molar refractivity (Wildman–Crippen MR) is 99.2 cm³/mol. The summed E-state index contributed by atoms with van der Waals surface area (Å²) in [6.45, 7) is 0.0566. The number of alkyl halides is 3. The molecular weight excluding hydrogens is 371 g/mol. The topological polar surface area (TPSA) is 47.6 Å². The molecule has 0 bridgehead atoms. The number of carbonyl (C=O) groups is 1. The lowest BCUT2D eigenvalue weighted by Gasteiger charge is -2.09. The summed E-state index contributed by atoms with van der Waals surface area (Å²) in [7, 11) is 3.09. The highest BCUT2D eigenvalue weighted by Gasteiger charge is 2.30. The highest BCUT2D eigenvalue weighted by molar-refractivity contribution is 5.76. The minimum Gasteiger partial charge on any atom is -0.493 e. The molecule has 0 aliphatic carbocycles. The average molecular weight is 391 g/mol. The van der Waals surface area contributed by atoms with Crippen molar-refractivity contribution in [1.29, 1.82) is 0 Å². The summed E-state index contributed by atoms with van der Waals surface area (Å²) in [5.74, 6) is 6.28. The zero-order chi connectivity index (χ0) is 20.6. The molecule has 7 heteroatoms. The van der Waals surface area contributed by atoms with Crippen LogP contribution in [0.3, 0.4) is 0 Å². The van der Waals surface area contributed by atoms with Gasteiger partial charge in [-0.05, 0) is 42.3 Å². The predicted octanol–water partition coefficient (Wildman–Crippen LogP) is 3.82. The molecule has 0 spiro atoms. The van der Waals surface area contributed by atoms with Gasteiger partial charge in [0.05, 0.1) is 26.3 Å². The van der Waals surface area contributed by atoms with Crippen LogP contribution in [-0.4, -0.2) is 26.7 Å². The molecule has 1 amide bonds. The molecule has 0 saturated heterocycles. The van der Waals surface area contributed by atoms with Gasteiger partial charge in [0.15, 0.2) is 11.5 Å². The van der Waals surface area contributed by atoms with Crippen molar-refractivity contribution in [3.05, 3.63) is 59.2 Å². The zero-order valence-corrected chi connectivity index (χ0v) is 15.5. The van der Waals surface area contributed by atoms with Gasteiger partial charge in [0.2, 0.25) is 5.91 Å². The molecule has 0 radical (unpaired) electrons. The van der Waals surface area contributed by atoms with Gasteiger partial charge in [-0.3, -0.25) is 4.79 Å². The number of methoxy groups -OCH3 is 2. The van der Waals surface area contributed by atoms with Crippen LogP contribution in [0.25, 0.3) is 0 Å². The Morgan fingerprint density at radius 2 is 1.82 bits per heavy atom. The van der Waals surface area contributed by atoms with Crippen LogP contribution in [0.1, 0.15) is 23.1 Å². The quantitative estimate of drug-likeness (QED) is 0.762. The van der Waals surface area contributed by atoms with Gasteiger partial charge in [-0.1, -0.05) is 24.0 Å². The molecule has 2 aromatic rings. The van der Waals surface area contributed by atoms with E-state index in [0.717, 1.165) is 17.7 Å². The Morgan fingerprint density at radius 1 is 1.07 bits per heavy atom. The number of carbonyl (C=O) groups excluding carboxylic acids is 1. The van der Waals surface area contributed by atoms with Crippen molar-refractivity contribution >= 4 is 5.91 Å². The summed E-state index contributed by atoms with van der Waals surface area (Å²) in [5, 5.41) is 2.63. The largest absolute Gasteiger partial charge is 0.493 e. The molecule has 4 nitrogen and oxygen atoms in total. The molecule has 28 heavy (non-hydrogen) atoms. The van der Waals surface area contributed by atoms with Gasteiger partial charge < -0.3 is 14.8 Å². The second kappa shape index (κ2) is 9.70. The Labute approximate surface area is 161 Å². The van der Waals surface area contributed by atoms with Crippen molar-refractivity contribution in [3.8, 4) is 23.3 Å². The lowest BCUT2D eigenvalue weighted by molar-refractivity contribution is -0.137. The van der Waals surface area contributed by atoms with E-state index in [1.165, 1.54) is 19.2 Å². The van der Waals surface area contributed by atoms with Crippen LogP contribution in [0, 0.1) is 11.8 Å². The van der Waals surface area contributed by atoms with Crippen molar-refractivity contribution in [2.45, 2.75) is 19.0 Å². The fourth-order valence-corrected chi connectivity index (χ4v) is 2.44. The molecule has 0 saturated carbocycles. The van der Waals surface area contributed by atoms with Gasteiger partial charge in [-0.2, -0.15) is 13.2 Å². The van der Waals surface area contributed by atoms with Gasteiger partial charge in [-0.15, -0.1) is 0 Å². The molecule has 2 aromatic carbocycles. The van der Waals surface area contributed by atoms with Crippen LogP contribution >= 0.6 is 0 Å². The van der Waals surface area contributed by atoms with Gasteiger partial charge in [0.1, 0.15) is 0 Å². The number of aryl methyl sites for hydroxylation is 1. The maximum Gasteiger partial charge on any atom is 0.416 e. The maximum atomic E-state index is 12.7. The highest BCUT2D eigenvalue weighted by Crippen LogP contribution is 2.29. The minimum absolute atomic E-state index is 0.0566. The number of rotatable bonds is 6. The standard InChI is InChI=1S/C21H20F3NO3/c1-27-18-10-8-16(14-19(18)28-2)9-11-20(26)25-12-4-6-15-5-3-7-17(13-15)21(22,23)24/h3,5,7-8,10,13-14H,9,11-12H2,1-2H3,(H,25,26). The summed E-state index contributed by atoms with van der Waals surface area (Å²) in [4.78, 5) is 11.9. The third-order valence-corrected chi connectivity index (χ3v) is 3.89. The van der Waals surface area contributed by atoms with E-state index in [4.69, 9.17) is 9.47 Å². The fourth-order valence-electron chi connectivity index (χ4n) is 2.44. The maximum absolute atomic E-state index is 12.7. The fraction of sp³-hybridized carbons (Fsp3) is 0.286. The summed E-state index contributed by atoms with van der Waals surface area (Å²) in [6, 6.07) is 10.2. The van der Waals surface area contributed by atoms with Crippen molar-refractivity contribution in [2.75, 3.05) is 20.8 Å². The SMILES string of the molecule is COc1ccc(CCC(=O)NCC#Cc2cccc(C(F)(F)F)c2)cc1OC. The van der Waals surface area contributed by atoms with Crippen molar-refractivity contribution < 1.29 is 27.4 Å². The number of nitrogens with one attached hydrogen (secondary N) is 1. The first kappa shape index (κ1) is 21.2. The first-order valence-corrected chi connectivity index (χ1v) is 8.47. The molecule has 0 aliphatic rings. The van der Waals surface area contributed by atoms with Crippen LogP contribution in [0.4, 0.5) is 13.2 Å². The number of ether oxygens (including phenoxy) is 2. The average Bonchev–Trinajstić information content (AvgIpc) is 2.69. The molecule has 0 atom stereocenters. The Hall–Kier alpha value is -3.14. The van der Waals surface area contributed by atoms with E-state index >= 15 is 0 Å². The smallest absolute Gasteiger partial charge is 0.416 e. The molecule has 0 heterocycles. The second-order valence-electron chi connectivity index (χ2n) is 5.85. The molecule has 0 unspecified atom stereocenters. The summed E-state index contributed by atoms with van der Waals surface area (Å²) < 4.78 is 48.4. The van der Waals surface area contributed by atoms with Crippen molar-refractivity contribution in [2.24, 2.45) is 0 Å². The molecule has 0 aliphatic heterocycles. The number of hydrogen-bond donors (Lipinski definition) is 1. The zero-order valence-electron chi connectivity index (χ0n) is 15.5. The van der Waals surface area contributed by atoms with Crippen LogP contribution < -0.4 is 14.8 Å². The van der Waals surface area contributed by atoms with Crippen LogP contribution in [0.2, 0.25) is 0 Å². The van der Waals surface area contributed by atoms with E-state index < -0.39 is 11.7 Å². The summed E-state index contributed by atoms with van der Waals surface area (Å²) in [6.07, 6.45) is -3.65. The van der Waals surface area contributed by atoms with E-state index in [1.807, 2.05) is 6.07 Å². The molecule has 2 rings (SSSR count). The Bertz CT molecular complexity index is 882. The van der Waals surface area contributed by atoms with E-state index in [0.29, 0.717) is 17.9 Å².